The van der Waals surface area contributed by atoms with Crippen molar-refractivity contribution in [1.29, 1.82) is 0 Å². The Morgan fingerprint density at radius 2 is 2.00 bits per heavy atom. The van der Waals surface area contributed by atoms with Gasteiger partial charge in [0.15, 0.2) is 0 Å². The number of thioether (sulfide) groups is 1. The van der Waals surface area contributed by atoms with Crippen LogP contribution in [0.3, 0.4) is 0 Å². The van der Waals surface area contributed by atoms with Gasteiger partial charge in [-0.25, -0.2) is 0 Å². The maximum atomic E-state index is 12.9. The third-order valence-electron chi connectivity index (χ3n) is 5.54. The minimum absolute atomic E-state index is 0.0293. The van der Waals surface area contributed by atoms with Crippen LogP contribution < -0.4 is 14.9 Å². The molecule has 166 valence electrons. The fourth-order valence-corrected chi connectivity index (χ4v) is 6.80. The van der Waals surface area contributed by atoms with Gasteiger partial charge in [0.25, 0.3) is 0 Å². The Morgan fingerprint density at radius 1 is 1.19 bits per heavy atom. The van der Waals surface area contributed by atoms with E-state index >= 15 is 0 Å². The first-order valence-electron chi connectivity index (χ1n) is 9.86. The first-order chi connectivity index (χ1) is 15.3. The number of anilines is 1. The molecule has 3 heterocycles. The summed E-state index contributed by atoms with van der Waals surface area (Å²) in [6.07, 6.45) is -4.50. The monoisotopic (exact) mass is 478 g/mol. The zero-order valence-electron chi connectivity index (χ0n) is 16.5. The van der Waals surface area contributed by atoms with Crippen LogP contribution in [0.4, 0.5) is 18.9 Å². The highest BCUT2D eigenvalue weighted by molar-refractivity contribution is 7.99. The van der Waals surface area contributed by atoms with Gasteiger partial charge in [0.05, 0.1) is 17.2 Å². The third-order valence-corrected chi connectivity index (χ3v) is 8.04. The largest absolute Gasteiger partial charge is 0.493 e. The maximum Gasteiger partial charge on any atom is 0.416 e. The van der Waals surface area contributed by atoms with Crippen molar-refractivity contribution in [2.24, 2.45) is 5.92 Å². The predicted octanol–water partition coefficient (Wildman–Crippen LogP) is 4.81. The lowest BCUT2D eigenvalue weighted by molar-refractivity contribution is -0.137. The van der Waals surface area contributed by atoms with Gasteiger partial charge >= 0.3 is 11.0 Å². The molecule has 5 rings (SSSR count). The molecular formula is C22H17F3N2O3S2. The van der Waals surface area contributed by atoms with Crippen LogP contribution in [0.5, 0.6) is 5.75 Å². The SMILES string of the molecule is O=C(Cn1c2c(sc1=O)[C@H]1c3ccccc3OC[C@H]1CS2)Nc1cccc(C(F)(F)F)c1. The zero-order valence-corrected chi connectivity index (χ0v) is 18.2. The smallest absolute Gasteiger partial charge is 0.416 e. The Morgan fingerprint density at radius 3 is 2.81 bits per heavy atom. The Kier molecular flexibility index (Phi) is 5.29. The summed E-state index contributed by atoms with van der Waals surface area (Å²) >= 11 is 2.64. The number of halogens is 3. The second kappa shape index (κ2) is 8.00. The lowest BCUT2D eigenvalue weighted by Gasteiger charge is -2.36. The fourth-order valence-electron chi connectivity index (χ4n) is 4.11. The summed E-state index contributed by atoms with van der Waals surface area (Å²) in [5.74, 6) is 1.26. The van der Waals surface area contributed by atoms with E-state index in [1.165, 1.54) is 28.5 Å². The van der Waals surface area contributed by atoms with Crippen LogP contribution in [-0.2, 0) is 17.5 Å². The first-order valence-corrected chi connectivity index (χ1v) is 11.7. The molecule has 2 aromatic carbocycles. The third kappa shape index (κ3) is 3.81. The Bertz CT molecular complexity index is 1250. The molecule has 2 aliphatic rings. The summed E-state index contributed by atoms with van der Waals surface area (Å²) in [6.45, 7) is 0.305. The van der Waals surface area contributed by atoms with Gasteiger partial charge in [0, 0.05) is 33.7 Å². The van der Waals surface area contributed by atoms with Gasteiger partial charge in [0.1, 0.15) is 12.3 Å². The summed E-state index contributed by atoms with van der Waals surface area (Å²) in [5.41, 5.74) is 0.223. The van der Waals surface area contributed by atoms with Gasteiger partial charge in [0.2, 0.25) is 5.91 Å². The normalized spacial score (nSPS) is 19.3. The average molecular weight is 479 g/mol. The van der Waals surface area contributed by atoms with E-state index in [1.54, 1.807) is 0 Å². The molecule has 0 aliphatic carbocycles. The summed E-state index contributed by atoms with van der Waals surface area (Å²) in [4.78, 5) is 26.0. The van der Waals surface area contributed by atoms with E-state index in [-0.39, 0.29) is 28.9 Å². The van der Waals surface area contributed by atoms with Crippen molar-refractivity contribution in [1.82, 2.24) is 4.57 Å². The van der Waals surface area contributed by atoms with Crippen LogP contribution in [0.15, 0.2) is 58.4 Å². The molecule has 0 radical (unpaired) electrons. The van der Waals surface area contributed by atoms with E-state index in [0.717, 1.165) is 50.4 Å². The van der Waals surface area contributed by atoms with Crippen LogP contribution in [0, 0.1) is 5.92 Å². The number of amides is 1. The summed E-state index contributed by atoms with van der Waals surface area (Å²) in [6, 6.07) is 12.2. The van der Waals surface area contributed by atoms with Gasteiger partial charge in [-0.2, -0.15) is 13.2 Å². The second-order valence-corrected chi connectivity index (χ2v) is 9.65. The van der Waals surface area contributed by atoms with Crippen LogP contribution in [0.2, 0.25) is 0 Å². The molecule has 0 spiro atoms. The van der Waals surface area contributed by atoms with E-state index in [9.17, 15) is 22.8 Å². The Balaban J connectivity index is 1.41. The number of rotatable bonds is 3. The highest BCUT2D eigenvalue weighted by Gasteiger charge is 2.40. The van der Waals surface area contributed by atoms with E-state index < -0.39 is 17.6 Å². The predicted molar refractivity (Wildman–Crippen MR) is 117 cm³/mol. The number of alkyl halides is 3. The van der Waals surface area contributed by atoms with Crippen molar-refractivity contribution in [3.05, 3.63) is 74.2 Å². The van der Waals surface area contributed by atoms with E-state index in [0.29, 0.717) is 6.61 Å². The standard InChI is InChI=1S/C22H17F3N2O3S2/c23-22(24,25)13-4-3-5-14(8-13)26-17(28)9-27-20-19(32-21(27)29)18-12(11-31-20)10-30-16-7-2-1-6-15(16)18/h1-8,12,18H,9-11H2,(H,26,28)/t12-,18+/m0/s1. The highest BCUT2D eigenvalue weighted by Crippen LogP contribution is 2.50. The molecule has 1 aromatic heterocycles. The van der Waals surface area contributed by atoms with Crippen LogP contribution >= 0.6 is 23.1 Å². The van der Waals surface area contributed by atoms with E-state index in [4.69, 9.17) is 4.74 Å². The van der Waals surface area contributed by atoms with Crippen molar-refractivity contribution >= 4 is 34.7 Å². The quantitative estimate of drug-likeness (QED) is 0.587. The molecule has 0 fully saturated rings. The second-order valence-electron chi connectivity index (χ2n) is 7.65. The lowest BCUT2D eigenvalue weighted by Crippen LogP contribution is -2.31. The molecule has 0 unspecified atom stereocenters. The maximum absolute atomic E-state index is 12.9. The van der Waals surface area contributed by atoms with E-state index in [1.807, 2.05) is 24.3 Å². The van der Waals surface area contributed by atoms with Crippen molar-refractivity contribution in [2.75, 3.05) is 17.7 Å². The molecule has 3 aromatic rings. The zero-order chi connectivity index (χ0) is 22.5. The molecule has 1 amide bonds. The summed E-state index contributed by atoms with van der Waals surface area (Å²) in [7, 11) is 0. The molecule has 2 atom stereocenters. The number of benzene rings is 2. The number of fused-ring (bicyclic) bond motifs is 5. The van der Waals surface area contributed by atoms with Crippen LogP contribution in [0.1, 0.15) is 21.9 Å². The fraction of sp³-hybridized carbons (Fsp3) is 0.273. The lowest BCUT2D eigenvalue weighted by atomic mass is 9.84. The topological polar surface area (TPSA) is 60.3 Å². The van der Waals surface area contributed by atoms with Crippen molar-refractivity contribution < 1.29 is 22.7 Å². The molecular weight excluding hydrogens is 461 g/mol. The number of hydrogen-bond acceptors (Lipinski definition) is 5. The summed E-state index contributed by atoms with van der Waals surface area (Å²) in [5, 5.41) is 3.22. The number of para-hydroxylation sites is 1. The van der Waals surface area contributed by atoms with Gasteiger partial charge in [-0.1, -0.05) is 35.6 Å². The Labute approximate surface area is 189 Å². The van der Waals surface area contributed by atoms with Crippen molar-refractivity contribution in [3.8, 4) is 5.75 Å². The number of hydrogen-bond donors (Lipinski definition) is 1. The van der Waals surface area contributed by atoms with E-state index in [2.05, 4.69) is 5.32 Å². The molecule has 5 nitrogen and oxygen atoms in total. The summed E-state index contributed by atoms with van der Waals surface area (Å²) < 4.78 is 46.1. The van der Waals surface area contributed by atoms with Gasteiger partial charge in [-0.05, 0) is 24.3 Å². The molecule has 0 saturated heterocycles. The number of carbonyl (C=O) groups is 1. The van der Waals surface area contributed by atoms with Gasteiger partial charge in [-0.15, -0.1) is 11.8 Å². The molecule has 2 aliphatic heterocycles. The number of thiazole rings is 1. The van der Waals surface area contributed by atoms with Gasteiger partial charge in [-0.3, -0.25) is 14.2 Å². The number of aromatic nitrogens is 1. The number of nitrogens with one attached hydrogen (secondary N) is 1. The van der Waals surface area contributed by atoms with Crippen molar-refractivity contribution in [2.45, 2.75) is 23.7 Å². The number of nitrogens with zero attached hydrogens (tertiary/aromatic N) is 1. The first kappa shape index (κ1) is 21.1. The minimum atomic E-state index is -4.50. The Hall–Kier alpha value is -2.72. The average Bonchev–Trinajstić information content (AvgIpc) is 3.08. The molecule has 1 N–H and O–H groups in total. The van der Waals surface area contributed by atoms with Crippen molar-refractivity contribution in [3.63, 3.8) is 0 Å². The highest BCUT2D eigenvalue weighted by atomic mass is 32.2. The number of carbonyl (C=O) groups excluding carboxylic acids is 1. The molecule has 32 heavy (non-hydrogen) atoms. The van der Waals surface area contributed by atoms with Crippen LogP contribution in [-0.4, -0.2) is 22.8 Å². The molecule has 10 heteroatoms. The number of ether oxygens (including phenoxy) is 1. The molecule has 0 saturated carbocycles. The van der Waals surface area contributed by atoms with Crippen LogP contribution in [0.25, 0.3) is 0 Å². The minimum Gasteiger partial charge on any atom is -0.493 e. The molecule has 0 bridgehead atoms. The van der Waals surface area contributed by atoms with Gasteiger partial charge < -0.3 is 10.1 Å².